The van der Waals surface area contributed by atoms with Gasteiger partial charge in [0, 0.05) is 32.4 Å². The topological polar surface area (TPSA) is 95.0 Å². The average molecular weight is 423 g/mol. The Labute approximate surface area is 172 Å². The Kier molecular flexibility index (Phi) is 6.00. The maximum absolute atomic E-state index is 12.9. The molecule has 9 nitrogen and oxygen atoms in total. The summed E-state index contributed by atoms with van der Waals surface area (Å²) in [4.78, 5) is 25.1. The monoisotopic (exact) mass is 423 g/mol. The van der Waals surface area contributed by atoms with E-state index in [-0.39, 0.29) is 11.9 Å². The van der Waals surface area contributed by atoms with Crippen LogP contribution < -0.4 is 20.7 Å². The van der Waals surface area contributed by atoms with Gasteiger partial charge >= 0.3 is 6.18 Å². The van der Waals surface area contributed by atoms with Gasteiger partial charge in [0.15, 0.2) is 0 Å². The van der Waals surface area contributed by atoms with Gasteiger partial charge in [-0.2, -0.15) is 28.1 Å². The van der Waals surface area contributed by atoms with Crippen molar-refractivity contribution in [3.63, 3.8) is 0 Å². The molecule has 0 unspecified atom stereocenters. The molecule has 30 heavy (non-hydrogen) atoms. The minimum absolute atomic E-state index is 0.215. The molecule has 2 N–H and O–H groups in total. The molecule has 0 amide bonds. The molecule has 0 atom stereocenters. The highest BCUT2D eigenvalue weighted by atomic mass is 19.4. The van der Waals surface area contributed by atoms with Crippen molar-refractivity contribution in [3.05, 3.63) is 18.0 Å². The molecule has 2 saturated heterocycles. The molecule has 2 fully saturated rings. The van der Waals surface area contributed by atoms with E-state index in [0.717, 1.165) is 64.1 Å². The molecule has 2 aliphatic rings. The molecule has 4 rings (SSSR count). The Bertz CT molecular complexity index is 813. The summed E-state index contributed by atoms with van der Waals surface area (Å²) in [6.45, 7) is 3.47. The van der Waals surface area contributed by atoms with Crippen molar-refractivity contribution in [2.75, 3.05) is 46.8 Å². The van der Waals surface area contributed by atoms with E-state index < -0.39 is 11.9 Å². The lowest BCUT2D eigenvalue weighted by Crippen LogP contribution is -2.34. The molecule has 4 heterocycles. The standard InChI is InChI=1S/C18H24F3N9/c19-18(20,21)13-7-8-22-14(23-13)27-28-15-24-16(29-9-3-1-4-10-29)26-17(25-15)30-11-5-2-6-12-30/h7-8H,1-6,9-12H2,(H,22,23,27)(H,24,25,26,28). The SMILES string of the molecule is FC(F)(F)c1ccnc(NNc2nc(N3CCCCC3)nc(N3CCCCC3)n2)n1. The highest BCUT2D eigenvalue weighted by molar-refractivity contribution is 5.47. The first kappa shape index (κ1) is 20.4. The van der Waals surface area contributed by atoms with Crippen LogP contribution in [0.4, 0.5) is 37.0 Å². The number of nitrogens with one attached hydrogen (secondary N) is 2. The first-order valence-electron chi connectivity index (χ1n) is 10.2. The summed E-state index contributed by atoms with van der Waals surface area (Å²) in [5.41, 5.74) is 4.29. The number of halogens is 3. The second-order valence-corrected chi connectivity index (χ2v) is 7.37. The molecule has 0 bridgehead atoms. The Hall–Kier alpha value is -2.92. The van der Waals surface area contributed by atoms with Gasteiger partial charge in [-0.1, -0.05) is 0 Å². The zero-order chi connectivity index (χ0) is 21.0. The lowest BCUT2D eigenvalue weighted by atomic mass is 10.1. The van der Waals surface area contributed by atoms with Gasteiger partial charge < -0.3 is 9.80 Å². The minimum Gasteiger partial charge on any atom is -0.341 e. The van der Waals surface area contributed by atoms with Crippen LogP contribution in [0.3, 0.4) is 0 Å². The van der Waals surface area contributed by atoms with Crippen molar-refractivity contribution in [2.45, 2.75) is 44.7 Å². The molecule has 2 aromatic heterocycles. The zero-order valence-corrected chi connectivity index (χ0v) is 16.5. The lowest BCUT2D eigenvalue weighted by molar-refractivity contribution is -0.141. The van der Waals surface area contributed by atoms with Gasteiger partial charge in [0.2, 0.25) is 23.8 Å². The fourth-order valence-corrected chi connectivity index (χ4v) is 3.57. The van der Waals surface area contributed by atoms with Gasteiger partial charge in [-0.25, -0.2) is 9.97 Å². The molecule has 0 radical (unpaired) electrons. The fraction of sp³-hybridized carbons (Fsp3) is 0.611. The van der Waals surface area contributed by atoms with Crippen LogP contribution in [0.15, 0.2) is 12.3 Å². The summed E-state index contributed by atoms with van der Waals surface area (Å²) >= 11 is 0. The van der Waals surface area contributed by atoms with Gasteiger partial charge in [0.05, 0.1) is 0 Å². The summed E-state index contributed by atoms with van der Waals surface area (Å²) < 4.78 is 38.6. The second-order valence-electron chi connectivity index (χ2n) is 7.37. The van der Waals surface area contributed by atoms with Gasteiger partial charge in [-0.15, -0.1) is 0 Å². The summed E-state index contributed by atoms with van der Waals surface area (Å²) in [5, 5.41) is 0. The molecule has 12 heteroatoms. The number of anilines is 4. The van der Waals surface area contributed by atoms with Crippen molar-refractivity contribution in [3.8, 4) is 0 Å². The van der Waals surface area contributed by atoms with Crippen LogP contribution in [0.5, 0.6) is 0 Å². The first-order chi connectivity index (χ1) is 14.5. The number of nitrogens with zero attached hydrogens (tertiary/aromatic N) is 7. The van der Waals surface area contributed by atoms with Gasteiger partial charge in [0.25, 0.3) is 0 Å². The third-order valence-corrected chi connectivity index (χ3v) is 5.12. The number of hydrazine groups is 1. The number of piperidine rings is 2. The highest BCUT2D eigenvalue weighted by Crippen LogP contribution is 2.27. The van der Waals surface area contributed by atoms with Crippen molar-refractivity contribution >= 4 is 23.8 Å². The minimum atomic E-state index is -4.55. The Morgan fingerprint density at radius 3 is 1.77 bits per heavy atom. The van der Waals surface area contributed by atoms with Gasteiger partial charge in [-0.3, -0.25) is 10.9 Å². The number of hydrogen-bond donors (Lipinski definition) is 2. The molecule has 0 spiro atoms. The van der Waals surface area contributed by atoms with Crippen molar-refractivity contribution in [1.29, 1.82) is 0 Å². The summed E-state index contributed by atoms with van der Waals surface area (Å²) in [7, 11) is 0. The summed E-state index contributed by atoms with van der Waals surface area (Å²) in [5.74, 6) is 1.13. The van der Waals surface area contributed by atoms with Crippen LogP contribution in [0.2, 0.25) is 0 Å². The van der Waals surface area contributed by atoms with Crippen LogP contribution in [0.25, 0.3) is 0 Å². The van der Waals surface area contributed by atoms with Crippen LogP contribution in [0, 0.1) is 0 Å². The van der Waals surface area contributed by atoms with Crippen LogP contribution in [0.1, 0.15) is 44.2 Å². The quantitative estimate of drug-likeness (QED) is 0.704. The molecule has 2 aromatic rings. The van der Waals surface area contributed by atoms with E-state index in [1.54, 1.807) is 0 Å². The van der Waals surface area contributed by atoms with E-state index in [2.05, 4.69) is 45.6 Å². The Morgan fingerprint density at radius 2 is 1.23 bits per heavy atom. The summed E-state index contributed by atoms with van der Waals surface area (Å²) in [6.07, 6.45) is 3.16. The molecule has 0 aliphatic carbocycles. The van der Waals surface area contributed by atoms with Crippen molar-refractivity contribution < 1.29 is 13.2 Å². The number of rotatable bonds is 5. The van der Waals surface area contributed by atoms with Crippen LogP contribution in [-0.4, -0.2) is 51.1 Å². The van der Waals surface area contributed by atoms with Gasteiger partial charge in [-0.05, 0) is 44.6 Å². The molecular weight excluding hydrogens is 399 g/mol. The van der Waals surface area contributed by atoms with E-state index in [4.69, 9.17) is 0 Å². The predicted molar refractivity (Wildman–Crippen MR) is 106 cm³/mol. The normalized spacial score (nSPS) is 17.7. The largest absolute Gasteiger partial charge is 0.433 e. The first-order valence-corrected chi connectivity index (χ1v) is 10.2. The third-order valence-electron chi connectivity index (χ3n) is 5.12. The third kappa shape index (κ3) is 4.97. The van der Waals surface area contributed by atoms with Crippen LogP contribution >= 0.6 is 0 Å². The van der Waals surface area contributed by atoms with Crippen molar-refractivity contribution in [1.82, 2.24) is 24.9 Å². The van der Waals surface area contributed by atoms with E-state index in [1.165, 1.54) is 12.8 Å². The molecule has 0 saturated carbocycles. The predicted octanol–water partition coefficient (Wildman–Crippen LogP) is 3.10. The lowest BCUT2D eigenvalue weighted by Gasteiger charge is -2.30. The second kappa shape index (κ2) is 8.84. The average Bonchev–Trinajstić information content (AvgIpc) is 2.78. The zero-order valence-electron chi connectivity index (χ0n) is 16.5. The molecular formula is C18H24F3N9. The van der Waals surface area contributed by atoms with Crippen LogP contribution in [-0.2, 0) is 6.18 Å². The number of alkyl halides is 3. The van der Waals surface area contributed by atoms with E-state index >= 15 is 0 Å². The molecule has 162 valence electrons. The maximum Gasteiger partial charge on any atom is 0.433 e. The van der Waals surface area contributed by atoms with E-state index in [0.29, 0.717) is 11.9 Å². The van der Waals surface area contributed by atoms with E-state index in [1.807, 2.05) is 0 Å². The highest BCUT2D eigenvalue weighted by Gasteiger charge is 2.32. The summed E-state index contributed by atoms with van der Waals surface area (Å²) in [6, 6.07) is 0.817. The number of aromatic nitrogens is 5. The number of hydrogen-bond acceptors (Lipinski definition) is 9. The van der Waals surface area contributed by atoms with Crippen molar-refractivity contribution in [2.24, 2.45) is 0 Å². The molecule has 0 aromatic carbocycles. The fourth-order valence-electron chi connectivity index (χ4n) is 3.57. The Morgan fingerprint density at radius 1 is 0.700 bits per heavy atom. The van der Waals surface area contributed by atoms with Gasteiger partial charge in [0.1, 0.15) is 5.69 Å². The Balaban J connectivity index is 1.55. The van der Waals surface area contributed by atoms with E-state index in [9.17, 15) is 13.2 Å². The maximum atomic E-state index is 12.9. The smallest absolute Gasteiger partial charge is 0.341 e. The molecule has 2 aliphatic heterocycles.